The molecule has 0 heterocycles. The van der Waals surface area contributed by atoms with Gasteiger partial charge in [0.15, 0.2) is 0 Å². The van der Waals surface area contributed by atoms with Gasteiger partial charge in [-0.05, 0) is 65.2 Å². The van der Waals surface area contributed by atoms with Gasteiger partial charge in [-0.2, -0.15) is 0 Å². The van der Waals surface area contributed by atoms with Crippen molar-refractivity contribution >= 4 is 11.6 Å². The third-order valence-electron chi connectivity index (χ3n) is 5.54. The van der Waals surface area contributed by atoms with Gasteiger partial charge < -0.3 is 14.6 Å². The second kappa shape index (κ2) is 11.3. The van der Waals surface area contributed by atoms with E-state index in [-0.39, 0.29) is 23.1 Å². The zero-order valence-electron chi connectivity index (χ0n) is 19.2. The monoisotopic (exact) mass is 406 g/mol. The van der Waals surface area contributed by atoms with Crippen LogP contribution in [0.2, 0.25) is 0 Å². The number of ketones is 2. The topological polar surface area (TPSA) is 72.8 Å². The molecule has 0 aromatic heterocycles. The Morgan fingerprint density at radius 3 is 2.24 bits per heavy atom. The van der Waals surface area contributed by atoms with Crippen LogP contribution in [0.25, 0.3) is 0 Å². The van der Waals surface area contributed by atoms with E-state index < -0.39 is 5.60 Å². The molecule has 1 atom stereocenters. The van der Waals surface area contributed by atoms with Gasteiger partial charge in [0.1, 0.15) is 0 Å². The molecule has 0 bridgehead atoms. The molecule has 0 amide bonds. The molecular weight excluding hydrogens is 368 g/mol. The molecule has 1 aliphatic carbocycles. The Hall–Kier alpha value is -1.88. The fraction of sp³-hybridized carbons (Fsp3) is 0.667. The minimum atomic E-state index is -0.913. The van der Waals surface area contributed by atoms with Gasteiger partial charge in [0.2, 0.25) is 23.1 Å². The first kappa shape index (κ1) is 25.2. The molecule has 164 valence electrons. The summed E-state index contributed by atoms with van der Waals surface area (Å²) in [5, 5.41) is 10.8. The van der Waals surface area contributed by atoms with Crippen LogP contribution in [0.5, 0.6) is 0 Å². The SMILES string of the molecule is COC1=C(OC)C(=O)C(CCC(C)(O)CCC=C(C)CCCC(C)C)=C(C)C1=O. The number of methoxy groups -OCH3 is 2. The summed E-state index contributed by atoms with van der Waals surface area (Å²) in [5.74, 6) is -0.0536. The second-order valence-electron chi connectivity index (χ2n) is 8.70. The first-order valence-corrected chi connectivity index (χ1v) is 10.5. The van der Waals surface area contributed by atoms with Gasteiger partial charge in [-0.25, -0.2) is 0 Å². The van der Waals surface area contributed by atoms with Crippen LogP contribution in [0.1, 0.15) is 79.6 Å². The molecule has 5 nitrogen and oxygen atoms in total. The maximum absolute atomic E-state index is 12.7. The Labute approximate surface area is 175 Å². The predicted octanol–water partition coefficient (Wildman–Crippen LogP) is 5.04. The Bertz CT molecular complexity index is 692. The van der Waals surface area contributed by atoms with Crippen LogP contribution in [0, 0.1) is 5.92 Å². The fourth-order valence-electron chi connectivity index (χ4n) is 3.53. The Morgan fingerprint density at radius 1 is 1.10 bits per heavy atom. The first-order chi connectivity index (χ1) is 13.5. The predicted molar refractivity (Wildman–Crippen MR) is 115 cm³/mol. The van der Waals surface area contributed by atoms with Gasteiger partial charge in [-0.3, -0.25) is 9.59 Å². The van der Waals surface area contributed by atoms with Gasteiger partial charge >= 0.3 is 0 Å². The van der Waals surface area contributed by atoms with Crippen molar-refractivity contribution in [3.63, 3.8) is 0 Å². The van der Waals surface area contributed by atoms with Crippen LogP contribution in [0.4, 0.5) is 0 Å². The Morgan fingerprint density at radius 2 is 1.69 bits per heavy atom. The molecule has 0 aliphatic heterocycles. The zero-order valence-corrected chi connectivity index (χ0v) is 19.2. The zero-order chi connectivity index (χ0) is 22.2. The van der Waals surface area contributed by atoms with Crippen LogP contribution in [-0.4, -0.2) is 36.5 Å². The molecular formula is C24H38O5. The molecule has 1 rings (SSSR count). The number of aliphatic hydroxyl groups is 1. The molecule has 1 aliphatic rings. The molecule has 0 spiro atoms. The van der Waals surface area contributed by atoms with Gasteiger partial charge in [0.25, 0.3) is 0 Å². The van der Waals surface area contributed by atoms with Crippen molar-refractivity contribution in [1.82, 2.24) is 0 Å². The average molecular weight is 407 g/mol. The van der Waals surface area contributed by atoms with E-state index in [1.165, 1.54) is 32.6 Å². The lowest BCUT2D eigenvalue weighted by Gasteiger charge is -2.25. The number of Topliss-reactive ketones (excluding diaryl/α,β-unsaturated/α-hetero) is 2. The summed E-state index contributed by atoms with van der Waals surface area (Å²) in [6.07, 6.45) is 7.85. The van der Waals surface area contributed by atoms with Crippen LogP contribution < -0.4 is 0 Å². The summed E-state index contributed by atoms with van der Waals surface area (Å²) in [4.78, 5) is 25.1. The molecule has 1 N–H and O–H groups in total. The molecule has 5 heteroatoms. The number of rotatable bonds is 12. The van der Waals surface area contributed by atoms with E-state index in [9.17, 15) is 14.7 Å². The van der Waals surface area contributed by atoms with E-state index in [2.05, 4.69) is 26.8 Å². The van der Waals surface area contributed by atoms with E-state index in [1.807, 2.05) is 0 Å². The van der Waals surface area contributed by atoms with Gasteiger partial charge in [0.05, 0.1) is 19.8 Å². The molecule has 0 aromatic rings. The fourth-order valence-corrected chi connectivity index (χ4v) is 3.53. The van der Waals surface area contributed by atoms with E-state index in [1.54, 1.807) is 13.8 Å². The van der Waals surface area contributed by atoms with E-state index in [0.29, 0.717) is 30.4 Å². The standard InChI is InChI=1S/C24H38O5/c1-16(2)10-8-11-17(3)12-9-14-24(5,27)15-13-19-18(4)20(25)22(28-6)23(29-7)21(19)26/h12,16,27H,8-11,13-15H2,1-7H3. The van der Waals surface area contributed by atoms with Crippen molar-refractivity contribution in [2.75, 3.05) is 14.2 Å². The molecule has 0 aromatic carbocycles. The highest BCUT2D eigenvalue weighted by molar-refractivity contribution is 6.23. The maximum atomic E-state index is 12.7. The summed E-state index contributed by atoms with van der Waals surface area (Å²) in [5.41, 5.74) is 1.21. The number of hydrogen-bond donors (Lipinski definition) is 1. The smallest absolute Gasteiger partial charge is 0.228 e. The van der Waals surface area contributed by atoms with Gasteiger partial charge in [-0.15, -0.1) is 0 Å². The molecule has 0 saturated carbocycles. The van der Waals surface area contributed by atoms with Crippen molar-refractivity contribution in [2.24, 2.45) is 5.92 Å². The Balaban J connectivity index is 2.66. The van der Waals surface area contributed by atoms with E-state index >= 15 is 0 Å². The van der Waals surface area contributed by atoms with Crippen molar-refractivity contribution < 1.29 is 24.2 Å². The van der Waals surface area contributed by atoms with Crippen molar-refractivity contribution in [3.8, 4) is 0 Å². The summed E-state index contributed by atoms with van der Waals surface area (Å²) >= 11 is 0. The van der Waals surface area contributed by atoms with Gasteiger partial charge in [0, 0.05) is 11.1 Å². The van der Waals surface area contributed by atoms with Crippen LogP contribution in [0.3, 0.4) is 0 Å². The minimum absolute atomic E-state index is 0.0522. The number of allylic oxidation sites excluding steroid dienone is 4. The number of carbonyl (C=O) groups is 2. The summed E-state index contributed by atoms with van der Waals surface area (Å²) in [6, 6.07) is 0. The van der Waals surface area contributed by atoms with Crippen molar-refractivity contribution in [3.05, 3.63) is 34.3 Å². The number of carbonyl (C=O) groups excluding carboxylic acids is 2. The van der Waals surface area contributed by atoms with Crippen LogP contribution in [0.15, 0.2) is 34.3 Å². The van der Waals surface area contributed by atoms with Crippen molar-refractivity contribution in [1.29, 1.82) is 0 Å². The van der Waals surface area contributed by atoms with Gasteiger partial charge in [-0.1, -0.05) is 31.9 Å². The quantitative estimate of drug-likeness (QED) is 0.363. The highest BCUT2D eigenvalue weighted by Gasteiger charge is 2.35. The largest absolute Gasteiger partial charge is 0.489 e. The molecule has 0 fully saturated rings. The summed E-state index contributed by atoms with van der Waals surface area (Å²) < 4.78 is 10.2. The minimum Gasteiger partial charge on any atom is -0.489 e. The normalized spacial score (nSPS) is 17.9. The molecule has 0 saturated heterocycles. The lowest BCUT2D eigenvalue weighted by Crippen LogP contribution is -2.28. The van der Waals surface area contributed by atoms with Crippen molar-refractivity contribution in [2.45, 2.75) is 85.2 Å². The summed E-state index contributed by atoms with van der Waals surface area (Å²) in [6.45, 7) is 10.0. The number of hydrogen-bond acceptors (Lipinski definition) is 5. The lowest BCUT2D eigenvalue weighted by atomic mass is 9.85. The van der Waals surface area contributed by atoms with E-state index in [0.717, 1.165) is 18.8 Å². The lowest BCUT2D eigenvalue weighted by molar-refractivity contribution is -0.121. The van der Waals surface area contributed by atoms with E-state index in [4.69, 9.17) is 9.47 Å². The first-order valence-electron chi connectivity index (χ1n) is 10.5. The molecule has 29 heavy (non-hydrogen) atoms. The van der Waals surface area contributed by atoms with Crippen LogP contribution in [-0.2, 0) is 19.1 Å². The average Bonchev–Trinajstić information content (AvgIpc) is 2.63. The highest BCUT2D eigenvalue weighted by atomic mass is 16.5. The highest BCUT2D eigenvalue weighted by Crippen LogP contribution is 2.31. The molecule has 0 radical (unpaired) electrons. The number of ether oxygens (including phenoxy) is 2. The maximum Gasteiger partial charge on any atom is 0.228 e. The third-order valence-corrected chi connectivity index (χ3v) is 5.54. The van der Waals surface area contributed by atoms with Crippen LogP contribution >= 0.6 is 0 Å². The summed E-state index contributed by atoms with van der Waals surface area (Å²) in [7, 11) is 2.70. The molecule has 1 unspecified atom stereocenters. The second-order valence-corrected chi connectivity index (χ2v) is 8.70. The Kier molecular flexibility index (Phi) is 9.84. The third kappa shape index (κ3) is 7.46.